The Balaban J connectivity index is 1.58. The van der Waals surface area contributed by atoms with Crippen LogP contribution >= 0.6 is 0 Å². The molecule has 1 aromatic heterocycles. The van der Waals surface area contributed by atoms with Crippen LogP contribution in [0.1, 0.15) is 60.0 Å². The molecule has 3 aromatic rings. The molecule has 2 amide bonds. The number of aryl methyl sites for hydroxylation is 1. The molecule has 0 spiro atoms. The molecule has 0 aliphatic heterocycles. The minimum Gasteiger partial charge on any atom is -0.487 e. The molecule has 0 saturated carbocycles. The second-order valence-corrected chi connectivity index (χ2v) is 8.54. The van der Waals surface area contributed by atoms with E-state index in [1.54, 1.807) is 29.9 Å². The van der Waals surface area contributed by atoms with Crippen LogP contribution in [0.2, 0.25) is 0 Å². The zero-order valence-electron chi connectivity index (χ0n) is 22.1. The van der Waals surface area contributed by atoms with Gasteiger partial charge in [0.05, 0.1) is 11.7 Å². The summed E-state index contributed by atoms with van der Waals surface area (Å²) in [5.41, 5.74) is 2.59. The van der Waals surface area contributed by atoms with Gasteiger partial charge in [0.25, 0.3) is 5.91 Å². The van der Waals surface area contributed by atoms with Gasteiger partial charge in [-0.2, -0.15) is 5.10 Å². The van der Waals surface area contributed by atoms with Crippen molar-refractivity contribution >= 4 is 12.0 Å². The van der Waals surface area contributed by atoms with Crippen LogP contribution in [0.25, 0.3) is 0 Å². The highest BCUT2D eigenvalue weighted by Gasteiger charge is 2.18. The Kier molecular flexibility index (Phi) is 11.1. The van der Waals surface area contributed by atoms with Gasteiger partial charge in [-0.1, -0.05) is 42.5 Å². The van der Waals surface area contributed by atoms with E-state index < -0.39 is 12.1 Å². The van der Waals surface area contributed by atoms with Gasteiger partial charge in [0.1, 0.15) is 12.4 Å². The van der Waals surface area contributed by atoms with Crippen LogP contribution in [0.5, 0.6) is 5.75 Å². The van der Waals surface area contributed by atoms with Crippen LogP contribution in [0.4, 0.5) is 4.79 Å². The first-order chi connectivity index (χ1) is 18.4. The molecule has 38 heavy (non-hydrogen) atoms. The largest absolute Gasteiger partial charge is 0.487 e. The van der Waals surface area contributed by atoms with Gasteiger partial charge in [-0.15, -0.1) is 0 Å². The molecule has 2 aromatic carbocycles. The molecule has 204 valence electrons. The van der Waals surface area contributed by atoms with E-state index in [0.29, 0.717) is 37.6 Å². The van der Waals surface area contributed by atoms with E-state index in [-0.39, 0.29) is 18.8 Å². The number of carbonyl (C=O) groups is 2. The summed E-state index contributed by atoms with van der Waals surface area (Å²) in [6, 6.07) is 17.8. The molecule has 3 N–H and O–H groups in total. The number of rotatable bonds is 15. The lowest BCUT2D eigenvalue weighted by atomic mass is 9.99. The average Bonchev–Trinajstić information content (AvgIpc) is 3.29. The third-order valence-corrected chi connectivity index (χ3v) is 5.80. The summed E-state index contributed by atoms with van der Waals surface area (Å²) >= 11 is 0. The molecule has 0 aliphatic carbocycles. The molecule has 0 fully saturated rings. The number of hydrogen-bond donors (Lipinski definition) is 3. The average molecular weight is 525 g/mol. The van der Waals surface area contributed by atoms with Gasteiger partial charge >= 0.3 is 6.09 Å². The molecule has 3 rings (SSSR count). The molecule has 0 radical (unpaired) electrons. The smallest absolute Gasteiger partial charge is 0.405 e. The van der Waals surface area contributed by atoms with E-state index in [2.05, 4.69) is 15.7 Å². The third kappa shape index (κ3) is 8.60. The summed E-state index contributed by atoms with van der Waals surface area (Å²) < 4.78 is 18.6. The summed E-state index contributed by atoms with van der Waals surface area (Å²) in [4.78, 5) is 24.0. The van der Waals surface area contributed by atoms with Gasteiger partial charge in [0.15, 0.2) is 12.0 Å². The summed E-state index contributed by atoms with van der Waals surface area (Å²) in [7, 11) is 1.75. The predicted octanol–water partition coefficient (Wildman–Crippen LogP) is 4.27. The van der Waals surface area contributed by atoms with Crippen LogP contribution in [0.3, 0.4) is 0 Å². The lowest BCUT2D eigenvalue weighted by molar-refractivity contribution is -0.139. The molecule has 1 unspecified atom stereocenters. The van der Waals surface area contributed by atoms with Crippen molar-refractivity contribution < 1.29 is 28.9 Å². The van der Waals surface area contributed by atoms with E-state index in [4.69, 9.17) is 14.2 Å². The van der Waals surface area contributed by atoms with Crippen molar-refractivity contribution in [3.63, 3.8) is 0 Å². The van der Waals surface area contributed by atoms with E-state index >= 15 is 0 Å². The fourth-order valence-corrected chi connectivity index (χ4v) is 3.97. The number of amides is 2. The highest BCUT2D eigenvalue weighted by Crippen LogP contribution is 2.26. The molecule has 0 saturated heterocycles. The Morgan fingerprint density at radius 3 is 2.39 bits per heavy atom. The number of aromatic nitrogens is 2. The van der Waals surface area contributed by atoms with Crippen LogP contribution in [-0.4, -0.2) is 52.9 Å². The summed E-state index contributed by atoms with van der Waals surface area (Å²) in [6.07, 6.45) is 0.0299. The number of carboxylic acid groups (broad SMARTS) is 1. The number of nitrogens with zero attached hydrogens (tertiary/aromatic N) is 2. The molecule has 0 bridgehead atoms. The zero-order valence-corrected chi connectivity index (χ0v) is 22.1. The first kappa shape index (κ1) is 28.7. The molecule has 10 nitrogen and oxygen atoms in total. The van der Waals surface area contributed by atoms with Crippen molar-refractivity contribution in [2.45, 2.75) is 45.6 Å². The number of ether oxygens (including phenoxy) is 3. The van der Waals surface area contributed by atoms with Crippen molar-refractivity contribution in [3.8, 4) is 5.75 Å². The fourth-order valence-electron chi connectivity index (χ4n) is 3.97. The molecule has 10 heteroatoms. The van der Waals surface area contributed by atoms with Crippen LogP contribution in [0.15, 0.2) is 60.7 Å². The van der Waals surface area contributed by atoms with Crippen molar-refractivity contribution in [1.82, 2.24) is 20.4 Å². The maximum Gasteiger partial charge on any atom is 0.405 e. The highest BCUT2D eigenvalue weighted by atomic mass is 16.7. The lowest BCUT2D eigenvalue weighted by Gasteiger charge is -2.19. The normalized spacial score (nSPS) is 11.8. The SMILES string of the molecule is CCOC(CCCNC(=O)c1cc(COc2cccc(C(NC(=O)O)c3ccccc3)c2)n(C)n1)OCC. The maximum absolute atomic E-state index is 12.6. The second kappa shape index (κ2) is 14.7. The van der Waals surface area contributed by atoms with Gasteiger partial charge in [-0.25, -0.2) is 4.79 Å². The number of nitrogens with one attached hydrogen (secondary N) is 2. The van der Waals surface area contributed by atoms with Crippen LogP contribution < -0.4 is 15.4 Å². The predicted molar refractivity (Wildman–Crippen MR) is 142 cm³/mol. The fraction of sp³-hybridized carbons (Fsp3) is 0.393. The second-order valence-electron chi connectivity index (χ2n) is 8.54. The maximum atomic E-state index is 12.6. The van der Waals surface area contributed by atoms with Crippen molar-refractivity contribution in [1.29, 1.82) is 0 Å². The molecular formula is C28H36N4O6. The number of carbonyl (C=O) groups excluding carboxylic acids is 1. The molecule has 1 atom stereocenters. The van der Waals surface area contributed by atoms with Gasteiger partial charge in [-0.05, 0) is 49.6 Å². The van der Waals surface area contributed by atoms with E-state index in [9.17, 15) is 14.7 Å². The Morgan fingerprint density at radius 1 is 1.00 bits per heavy atom. The molecule has 0 aliphatic rings. The number of hydrogen-bond acceptors (Lipinski definition) is 6. The van der Waals surface area contributed by atoms with E-state index in [0.717, 1.165) is 23.2 Å². The van der Waals surface area contributed by atoms with Crippen molar-refractivity contribution in [2.75, 3.05) is 19.8 Å². The van der Waals surface area contributed by atoms with Gasteiger partial charge in [0.2, 0.25) is 0 Å². The monoisotopic (exact) mass is 524 g/mol. The summed E-state index contributed by atoms with van der Waals surface area (Å²) in [5, 5.41) is 19.1. The van der Waals surface area contributed by atoms with Gasteiger partial charge < -0.3 is 30.0 Å². The van der Waals surface area contributed by atoms with Gasteiger partial charge in [0, 0.05) is 33.2 Å². The van der Waals surface area contributed by atoms with Crippen molar-refractivity contribution in [2.24, 2.45) is 7.05 Å². The van der Waals surface area contributed by atoms with Crippen LogP contribution in [-0.2, 0) is 23.1 Å². The minimum atomic E-state index is -1.12. The third-order valence-electron chi connectivity index (χ3n) is 5.80. The van der Waals surface area contributed by atoms with Crippen molar-refractivity contribution in [3.05, 3.63) is 83.2 Å². The minimum absolute atomic E-state index is 0.187. The summed E-state index contributed by atoms with van der Waals surface area (Å²) in [6.45, 7) is 5.67. The molecular weight excluding hydrogens is 488 g/mol. The zero-order chi connectivity index (χ0) is 27.3. The quantitative estimate of drug-likeness (QED) is 0.200. The highest BCUT2D eigenvalue weighted by molar-refractivity contribution is 5.92. The Labute approximate surface area is 222 Å². The first-order valence-electron chi connectivity index (χ1n) is 12.7. The van der Waals surface area contributed by atoms with E-state index in [1.165, 1.54) is 0 Å². The first-order valence-corrected chi connectivity index (χ1v) is 12.7. The number of benzene rings is 2. The van der Waals surface area contributed by atoms with E-state index in [1.807, 2.05) is 56.3 Å². The topological polar surface area (TPSA) is 124 Å². The van der Waals surface area contributed by atoms with Crippen LogP contribution in [0, 0.1) is 0 Å². The Morgan fingerprint density at radius 2 is 1.71 bits per heavy atom. The van der Waals surface area contributed by atoms with Gasteiger partial charge in [-0.3, -0.25) is 9.48 Å². The lowest BCUT2D eigenvalue weighted by Crippen LogP contribution is -2.27. The Hall–Kier alpha value is -3.89. The summed E-state index contributed by atoms with van der Waals surface area (Å²) in [5.74, 6) is 0.310. The standard InChI is InChI=1S/C28H36N4O6/c1-4-36-25(37-5-2)15-10-16-29-27(33)24-18-22(32(3)31-24)19-38-23-14-9-13-21(17-23)26(30-28(34)35)20-11-7-6-8-12-20/h6-9,11-14,17-18,25-26,30H,4-5,10,15-16,19H2,1-3H3,(H,29,33)(H,34,35). The Bertz CT molecular complexity index is 1160. The molecule has 1 heterocycles.